The summed E-state index contributed by atoms with van der Waals surface area (Å²) in [6.45, 7) is 0.678. The second-order valence-electron chi connectivity index (χ2n) is 7.58. The van der Waals surface area contributed by atoms with Gasteiger partial charge in [0.2, 0.25) is 6.29 Å². The van der Waals surface area contributed by atoms with Gasteiger partial charge >= 0.3 is 0 Å². The maximum atomic E-state index is 12.8. The fourth-order valence-corrected chi connectivity index (χ4v) is 4.15. The summed E-state index contributed by atoms with van der Waals surface area (Å²) >= 11 is 2.29. The predicted octanol–water partition coefficient (Wildman–Crippen LogP) is 4.24. The van der Waals surface area contributed by atoms with E-state index in [4.69, 9.17) is 14.6 Å². The summed E-state index contributed by atoms with van der Waals surface area (Å²) in [7, 11) is 0. The first kappa shape index (κ1) is 21.6. The summed E-state index contributed by atoms with van der Waals surface area (Å²) in [4.78, 5) is 12.8. The molecule has 1 aliphatic heterocycles. The van der Waals surface area contributed by atoms with Crippen LogP contribution in [0.3, 0.4) is 0 Å². The molecule has 154 valence electrons. The van der Waals surface area contributed by atoms with Crippen LogP contribution in [0.15, 0.2) is 36.1 Å². The third-order valence-corrected chi connectivity index (χ3v) is 6.10. The lowest BCUT2D eigenvalue weighted by Crippen LogP contribution is -2.39. The molecule has 2 atom stereocenters. The second kappa shape index (κ2) is 11.2. The van der Waals surface area contributed by atoms with Crippen LogP contribution in [-0.4, -0.2) is 36.6 Å². The number of ether oxygens (including phenoxy) is 2. The van der Waals surface area contributed by atoms with Crippen molar-refractivity contribution in [2.75, 3.05) is 13.2 Å². The summed E-state index contributed by atoms with van der Waals surface area (Å²) < 4.78 is 13.0. The van der Waals surface area contributed by atoms with Crippen LogP contribution in [0.2, 0.25) is 0 Å². The van der Waals surface area contributed by atoms with Crippen LogP contribution in [-0.2, 0) is 14.3 Å². The fraction of sp³-hybridized carbons (Fsp3) is 0.591. The quantitative estimate of drug-likeness (QED) is 0.415. The molecule has 1 aliphatic carbocycles. The van der Waals surface area contributed by atoms with E-state index in [1.54, 1.807) is 0 Å². The van der Waals surface area contributed by atoms with Crippen LogP contribution in [0.25, 0.3) is 0 Å². The van der Waals surface area contributed by atoms with Gasteiger partial charge in [-0.25, -0.2) is 0 Å². The molecular weight excluding hydrogens is 469 g/mol. The van der Waals surface area contributed by atoms with Gasteiger partial charge in [0.15, 0.2) is 5.76 Å². The molecule has 0 spiro atoms. The highest BCUT2D eigenvalue weighted by atomic mass is 127. The largest absolute Gasteiger partial charge is 0.459 e. The molecule has 2 N–H and O–H groups in total. The van der Waals surface area contributed by atoms with Crippen molar-refractivity contribution in [3.8, 4) is 0 Å². The minimum absolute atomic E-state index is 0.0840. The number of nitrogens with one attached hydrogen (secondary N) is 1. The van der Waals surface area contributed by atoms with E-state index in [0.29, 0.717) is 25.2 Å². The van der Waals surface area contributed by atoms with Crippen molar-refractivity contribution in [3.63, 3.8) is 0 Å². The Balaban J connectivity index is 1.68. The lowest BCUT2D eigenvalue weighted by atomic mass is 9.92. The Morgan fingerprint density at radius 1 is 1.18 bits per heavy atom. The first-order valence-electron chi connectivity index (χ1n) is 10.3. The zero-order valence-corrected chi connectivity index (χ0v) is 18.4. The van der Waals surface area contributed by atoms with Crippen LogP contribution >= 0.6 is 22.6 Å². The summed E-state index contributed by atoms with van der Waals surface area (Å²) in [6.07, 6.45) is 9.34. The van der Waals surface area contributed by atoms with Gasteiger partial charge in [-0.15, -0.1) is 0 Å². The van der Waals surface area contributed by atoms with Crippen LogP contribution < -0.4 is 5.32 Å². The first-order chi connectivity index (χ1) is 13.7. The SMILES string of the molecule is O=C(NC1CCCCC1)C1=C[C@@H](c2ccc(I)cc2)C[C@@H](OCCCCO)O1. The van der Waals surface area contributed by atoms with E-state index in [1.165, 1.54) is 22.8 Å². The molecule has 0 unspecified atom stereocenters. The van der Waals surface area contributed by atoms with Gasteiger partial charge in [-0.3, -0.25) is 4.79 Å². The number of aliphatic hydroxyl groups is 1. The van der Waals surface area contributed by atoms with Crippen LogP contribution in [0, 0.1) is 3.57 Å². The van der Waals surface area contributed by atoms with Crippen molar-refractivity contribution in [1.29, 1.82) is 0 Å². The smallest absolute Gasteiger partial charge is 0.286 e. The number of carbonyl (C=O) groups excluding carboxylic acids is 1. The minimum atomic E-state index is -0.444. The molecule has 0 bridgehead atoms. The molecular formula is C22H30INO4. The highest BCUT2D eigenvalue weighted by Gasteiger charge is 2.29. The van der Waals surface area contributed by atoms with E-state index < -0.39 is 6.29 Å². The molecule has 6 heteroatoms. The van der Waals surface area contributed by atoms with E-state index in [0.717, 1.165) is 24.8 Å². The Labute approximate surface area is 181 Å². The molecule has 1 aromatic carbocycles. The predicted molar refractivity (Wildman–Crippen MR) is 117 cm³/mol. The molecule has 1 amide bonds. The maximum absolute atomic E-state index is 12.8. The van der Waals surface area contributed by atoms with Crippen molar-refractivity contribution >= 4 is 28.5 Å². The van der Waals surface area contributed by atoms with Gasteiger partial charge in [0.05, 0.1) is 6.61 Å². The van der Waals surface area contributed by atoms with Gasteiger partial charge in [0, 0.05) is 28.6 Å². The lowest BCUT2D eigenvalue weighted by Gasteiger charge is -2.30. The molecule has 1 saturated carbocycles. The van der Waals surface area contributed by atoms with Crippen molar-refractivity contribution in [1.82, 2.24) is 5.32 Å². The highest BCUT2D eigenvalue weighted by molar-refractivity contribution is 14.1. The average Bonchev–Trinajstić information content (AvgIpc) is 2.72. The zero-order chi connectivity index (χ0) is 19.8. The Kier molecular flexibility index (Phi) is 8.61. The Bertz CT molecular complexity index is 655. The third-order valence-electron chi connectivity index (χ3n) is 5.38. The number of carbonyl (C=O) groups is 1. The monoisotopic (exact) mass is 499 g/mol. The van der Waals surface area contributed by atoms with Gasteiger partial charge in [-0.1, -0.05) is 31.4 Å². The van der Waals surface area contributed by atoms with Gasteiger partial charge in [-0.05, 0) is 72.0 Å². The van der Waals surface area contributed by atoms with Gasteiger partial charge < -0.3 is 19.9 Å². The van der Waals surface area contributed by atoms with Gasteiger partial charge in [-0.2, -0.15) is 0 Å². The van der Waals surface area contributed by atoms with Crippen molar-refractivity contribution in [3.05, 3.63) is 45.2 Å². The molecule has 2 aliphatic rings. The lowest BCUT2D eigenvalue weighted by molar-refractivity contribution is -0.147. The van der Waals surface area contributed by atoms with Crippen molar-refractivity contribution < 1.29 is 19.4 Å². The molecule has 28 heavy (non-hydrogen) atoms. The highest BCUT2D eigenvalue weighted by Crippen LogP contribution is 2.32. The van der Waals surface area contributed by atoms with E-state index in [9.17, 15) is 4.79 Å². The summed E-state index contributed by atoms with van der Waals surface area (Å²) in [5, 5.41) is 12.1. The fourth-order valence-electron chi connectivity index (χ4n) is 3.79. The van der Waals surface area contributed by atoms with E-state index in [2.05, 4.69) is 52.2 Å². The molecule has 5 nitrogen and oxygen atoms in total. The first-order valence-corrected chi connectivity index (χ1v) is 11.4. The topological polar surface area (TPSA) is 67.8 Å². The summed E-state index contributed by atoms with van der Waals surface area (Å²) in [5.41, 5.74) is 1.16. The number of hydrogen-bond acceptors (Lipinski definition) is 4. The summed E-state index contributed by atoms with van der Waals surface area (Å²) in [6, 6.07) is 8.62. The minimum Gasteiger partial charge on any atom is -0.459 e. The zero-order valence-electron chi connectivity index (χ0n) is 16.2. The van der Waals surface area contributed by atoms with Crippen molar-refractivity contribution in [2.24, 2.45) is 0 Å². The van der Waals surface area contributed by atoms with Gasteiger partial charge in [0.1, 0.15) is 0 Å². The number of halogens is 1. The normalized spacial score (nSPS) is 23.0. The number of hydrogen-bond donors (Lipinski definition) is 2. The van der Waals surface area contributed by atoms with E-state index >= 15 is 0 Å². The number of benzene rings is 1. The number of aliphatic hydroxyl groups excluding tert-OH is 1. The van der Waals surface area contributed by atoms with Crippen molar-refractivity contribution in [2.45, 2.75) is 69.6 Å². The Hall–Kier alpha value is -1.12. The number of amides is 1. The number of unbranched alkanes of at least 4 members (excludes halogenated alkanes) is 1. The second-order valence-corrected chi connectivity index (χ2v) is 8.83. The standard InChI is InChI=1S/C22H30INO4/c23-18-10-8-16(9-11-18)17-14-20(22(26)24-19-6-2-1-3-7-19)28-21(15-17)27-13-5-4-12-25/h8-11,14,17,19,21,25H,1-7,12-13,15H2,(H,24,26)/t17-,21+/m1/s1. The molecule has 0 radical (unpaired) electrons. The molecule has 1 heterocycles. The van der Waals surface area contributed by atoms with E-state index in [1.807, 2.05) is 6.08 Å². The van der Waals surface area contributed by atoms with Gasteiger partial charge in [0.25, 0.3) is 5.91 Å². The van der Waals surface area contributed by atoms with Crippen LogP contribution in [0.1, 0.15) is 62.8 Å². The van der Waals surface area contributed by atoms with Crippen LogP contribution in [0.4, 0.5) is 0 Å². The Morgan fingerprint density at radius 2 is 1.93 bits per heavy atom. The number of rotatable bonds is 8. The molecule has 0 aromatic heterocycles. The third kappa shape index (κ3) is 6.46. The molecule has 3 rings (SSSR count). The summed E-state index contributed by atoms with van der Waals surface area (Å²) in [5.74, 6) is 0.319. The maximum Gasteiger partial charge on any atom is 0.286 e. The Morgan fingerprint density at radius 3 is 2.64 bits per heavy atom. The molecule has 1 fully saturated rings. The average molecular weight is 499 g/mol. The molecule has 1 aromatic rings. The molecule has 0 saturated heterocycles. The van der Waals surface area contributed by atoms with E-state index in [-0.39, 0.29) is 24.5 Å². The van der Waals surface area contributed by atoms with Crippen LogP contribution in [0.5, 0.6) is 0 Å². The number of allylic oxidation sites excluding steroid dienone is 1.